The molecule has 7 heteroatoms. The highest BCUT2D eigenvalue weighted by molar-refractivity contribution is 9.11. The molecule has 1 aromatic heterocycles. The number of benzene rings is 3. The molecule has 0 bridgehead atoms. The summed E-state index contributed by atoms with van der Waals surface area (Å²) in [6.45, 7) is 5.98. The van der Waals surface area contributed by atoms with Crippen LogP contribution in [0.5, 0.6) is 5.75 Å². The van der Waals surface area contributed by atoms with Crippen molar-refractivity contribution in [3.63, 3.8) is 0 Å². The van der Waals surface area contributed by atoms with Gasteiger partial charge < -0.3 is 14.5 Å². The first-order valence-corrected chi connectivity index (χ1v) is 11.2. The minimum atomic E-state index is -0.275. The van der Waals surface area contributed by atoms with Gasteiger partial charge in [-0.2, -0.15) is 0 Å². The topological polar surface area (TPSA) is 64.4 Å². The number of methoxy groups -OCH3 is 1. The van der Waals surface area contributed by atoms with E-state index in [1.165, 1.54) is 7.11 Å². The third kappa shape index (κ3) is 4.25. The molecule has 0 aliphatic carbocycles. The molecule has 0 spiro atoms. The third-order valence-corrected chi connectivity index (χ3v) is 6.06. The molecule has 1 amide bonds. The van der Waals surface area contributed by atoms with Gasteiger partial charge in [0.05, 0.1) is 17.1 Å². The molecular weight excluding hydrogens is 524 g/mol. The maximum absolute atomic E-state index is 13.0. The molecule has 4 aromatic rings. The number of anilines is 1. The van der Waals surface area contributed by atoms with Gasteiger partial charge in [-0.1, -0.05) is 28.1 Å². The van der Waals surface area contributed by atoms with Gasteiger partial charge in [-0.05, 0) is 83.7 Å². The average Bonchev–Trinajstić information content (AvgIpc) is 3.13. The maximum atomic E-state index is 13.0. The van der Waals surface area contributed by atoms with E-state index in [2.05, 4.69) is 48.2 Å². The third-order valence-electron chi connectivity index (χ3n) is 5.01. The molecule has 158 valence electrons. The van der Waals surface area contributed by atoms with Gasteiger partial charge in [-0.25, -0.2) is 4.98 Å². The molecule has 0 aliphatic rings. The van der Waals surface area contributed by atoms with Crippen molar-refractivity contribution < 1.29 is 13.9 Å². The van der Waals surface area contributed by atoms with E-state index >= 15 is 0 Å². The van der Waals surface area contributed by atoms with E-state index in [4.69, 9.17) is 9.15 Å². The summed E-state index contributed by atoms with van der Waals surface area (Å²) in [5.74, 6) is 0.712. The minimum Gasteiger partial charge on any atom is -0.495 e. The van der Waals surface area contributed by atoms with Crippen molar-refractivity contribution in [2.45, 2.75) is 20.8 Å². The first-order valence-electron chi connectivity index (χ1n) is 9.60. The van der Waals surface area contributed by atoms with Gasteiger partial charge in [0.15, 0.2) is 5.58 Å². The van der Waals surface area contributed by atoms with E-state index in [1.807, 2.05) is 51.1 Å². The number of nitrogens with one attached hydrogen (secondary N) is 1. The zero-order valence-electron chi connectivity index (χ0n) is 17.5. The lowest BCUT2D eigenvalue weighted by atomic mass is 10.1. The summed E-state index contributed by atoms with van der Waals surface area (Å²) >= 11 is 6.87. The molecule has 0 saturated carbocycles. The van der Waals surface area contributed by atoms with Crippen LogP contribution in [0.25, 0.3) is 22.6 Å². The molecule has 31 heavy (non-hydrogen) atoms. The predicted molar refractivity (Wildman–Crippen MR) is 130 cm³/mol. The number of aryl methyl sites for hydroxylation is 3. The Labute approximate surface area is 197 Å². The first kappa shape index (κ1) is 21.6. The Morgan fingerprint density at radius 2 is 1.81 bits per heavy atom. The fourth-order valence-electron chi connectivity index (χ4n) is 3.52. The van der Waals surface area contributed by atoms with E-state index in [0.717, 1.165) is 37.8 Å². The highest BCUT2D eigenvalue weighted by Crippen LogP contribution is 2.34. The van der Waals surface area contributed by atoms with Crippen LogP contribution in [-0.2, 0) is 0 Å². The van der Waals surface area contributed by atoms with Gasteiger partial charge in [-0.15, -0.1) is 0 Å². The fourth-order valence-corrected chi connectivity index (χ4v) is 4.90. The zero-order chi connectivity index (χ0) is 22.3. The molecule has 3 aromatic carbocycles. The molecule has 1 heterocycles. The van der Waals surface area contributed by atoms with Crippen LogP contribution in [0.4, 0.5) is 5.69 Å². The van der Waals surface area contributed by atoms with Gasteiger partial charge in [0.1, 0.15) is 11.3 Å². The number of amides is 1. The molecule has 1 N–H and O–H groups in total. The number of rotatable bonds is 4. The Morgan fingerprint density at radius 1 is 1.03 bits per heavy atom. The summed E-state index contributed by atoms with van der Waals surface area (Å²) in [5, 5.41) is 2.99. The Morgan fingerprint density at radius 3 is 2.55 bits per heavy atom. The molecule has 0 aliphatic heterocycles. The highest BCUT2D eigenvalue weighted by Gasteiger charge is 2.18. The van der Waals surface area contributed by atoms with Crippen LogP contribution >= 0.6 is 31.9 Å². The van der Waals surface area contributed by atoms with E-state index in [9.17, 15) is 4.79 Å². The van der Waals surface area contributed by atoms with Crippen LogP contribution in [0.15, 0.2) is 55.8 Å². The molecular formula is C24H20Br2N2O3. The van der Waals surface area contributed by atoms with E-state index < -0.39 is 0 Å². The van der Waals surface area contributed by atoms with Crippen molar-refractivity contribution in [2.24, 2.45) is 0 Å². The SMILES string of the molecule is COc1c(Br)cc(Br)cc1C(=O)Nc1cc(-c2nc3cc(C)cc(C)c3o2)ccc1C. The van der Waals surface area contributed by atoms with Crippen LogP contribution in [0.3, 0.4) is 0 Å². The van der Waals surface area contributed by atoms with Gasteiger partial charge >= 0.3 is 0 Å². The fraction of sp³-hybridized carbons (Fsp3) is 0.167. The number of aromatic nitrogens is 1. The van der Waals surface area contributed by atoms with Crippen LogP contribution in [0.2, 0.25) is 0 Å². The lowest BCUT2D eigenvalue weighted by Gasteiger charge is -2.13. The first-order chi connectivity index (χ1) is 14.8. The number of carbonyl (C=O) groups excluding carboxylic acids is 1. The Kier molecular flexibility index (Phi) is 5.90. The van der Waals surface area contributed by atoms with Crippen LogP contribution in [0, 0.1) is 20.8 Å². The van der Waals surface area contributed by atoms with Gasteiger partial charge in [0.25, 0.3) is 5.91 Å². The van der Waals surface area contributed by atoms with Gasteiger partial charge in [0.2, 0.25) is 5.89 Å². The number of ether oxygens (including phenoxy) is 1. The van der Waals surface area contributed by atoms with Crippen LogP contribution in [0.1, 0.15) is 27.0 Å². The van der Waals surface area contributed by atoms with Crippen molar-refractivity contribution in [3.05, 3.63) is 73.7 Å². The van der Waals surface area contributed by atoms with Gasteiger partial charge in [-0.3, -0.25) is 4.79 Å². The number of fused-ring (bicyclic) bond motifs is 1. The smallest absolute Gasteiger partial charge is 0.259 e. The number of hydrogen-bond acceptors (Lipinski definition) is 4. The molecule has 0 fully saturated rings. The van der Waals surface area contributed by atoms with Crippen molar-refractivity contribution in [1.29, 1.82) is 0 Å². The molecule has 0 atom stereocenters. The summed E-state index contributed by atoms with van der Waals surface area (Å²) in [6, 6.07) is 13.4. The molecule has 0 radical (unpaired) electrons. The van der Waals surface area contributed by atoms with E-state index in [1.54, 1.807) is 6.07 Å². The molecule has 4 rings (SSSR count). The summed E-state index contributed by atoms with van der Waals surface area (Å²) in [7, 11) is 1.54. The van der Waals surface area contributed by atoms with Crippen LogP contribution in [-0.4, -0.2) is 18.0 Å². The maximum Gasteiger partial charge on any atom is 0.259 e. The standard InChI is InChI=1S/C24H20Br2N2O3/c1-12-7-14(3)21-20(8-12)28-24(31-21)15-6-5-13(2)19(9-15)27-23(29)17-10-16(25)11-18(26)22(17)30-4/h5-11H,1-4H3,(H,27,29). The lowest BCUT2D eigenvalue weighted by molar-refractivity contribution is 0.102. The largest absolute Gasteiger partial charge is 0.495 e. The lowest BCUT2D eigenvalue weighted by Crippen LogP contribution is -2.14. The molecule has 0 unspecified atom stereocenters. The zero-order valence-corrected chi connectivity index (χ0v) is 20.6. The second-order valence-electron chi connectivity index (χ2n) is 7.40. The van der Waals surface area contributed by atoms with E-state index in [-0.39, 0.29) is 5.91 Å². The highest BCUT2D eigenvalue weighted by atomic mass is 79.9. The van der Waals surface area contributed by atoms with Crippen molar-refractivity contribution in [1.82, 2.24) is 4.98 Å². The quantitative estimate of drug-likeness (QED) is 0.295. The second-order valence-corrected chi connectivity index (χ2v) is 9.17. The summed E-state index contributed by atoms with van der Waals surface area (Å²) in [4.78, 5) is 17.7. The Balaban J connectivity index is 1.71. The van der Waals surface area contributed by atoms with Gasteiger partial charge in [0, 0.05) is 15.7 Å². The van der Waals surface area contributed by atoms with Crippen LogP contribution < -0.4 is 10.1 Å². The summed E-state index contributed by atoms with van der Waals surface area (Å²) in [5.41, 5.74) is 6.58. The molecule has 5 nitrogen and oxygen atoms in total. The second kappa shape index (κ2) is 8.48. The number of halogens is 2. The van der Waals surface area contributed by atoms with Crippen molar-refractivity contribution >= 4 is 54.6 Å². The minimum absolute atomic E-state index is 0.275. The number of nitrogens with zero attached hydrogens (tertiary/aromatic N) is 1. The van der Waals surface area contributed by atoms with Crippen molar-refractivity contribution in [3.8, 4) is 17.2 Å². The monoisotopic (exact) mass is 542 g/mol. The molecule has 0 saturated heterocycles. The summed E-state index contributed by atoms with van der Waals surface area (Å²) < 4.78 is 12.9. The normalized spacial score (nSPS) is 11.0. The summed E-state index contributed by atoms with van der Waals surface area (Å²) in [6.07, 6.45) is 0. The number of carbonyl (C=O) groups is 1. The predicted octanol–water partition coefficient (Wildman–Crippen LogP) is 7.21. The Bertz CT molecular complexity index is 1330. The average molecular weight is 544 g/mol. The van der Waals surface area contributed by atoms with E-state index in [0.29, 0.717) is 27.4 Å². The number of hydrogen-bond donors (Lipinski definition) is 1. The van der Waals surface area contributed by atoms with Crippen molar-refractivity contribution in [2.75, 3.05) is 12.4 Å². The number of oxazole rings is 1. The Hall–Kier alpha value is -2.64.